The Labute approximate surface area is 247 Å². The molecule has 3 aromatic carbocycles. The summed E-state index contributed by atoms with van der Waals surface area (Å²) in [4.78, 5) is 38.1. The van der Waals surface area contributed by atoms with E-state index in [4.69, 9.17) is 33.0 Å². The second-order valence-electron chi connectivity index (χ2n) is 9.17. The van der Waals surface area contributed by atoms with E-state index in [-0.39, 0.29) is 25.2 Å². The number of unbranched alkanes of at least 4 members (excludes halogenated alkanes) is 1. The highest BCUT2D eigenvalue weighted by atomic mass is 35.5. The van der Waals surface area contributed by atoms with Gasteiger partial charge in [0.2, 0.25) is 0 Å². The van der Waals surface area contributed by atoms with Crippen molar-refractivity contribution in [2.45, 2.75) is 38.8 Å². The number of rotatable bonds is 15. The standard InChI is InChI=1S/C29H31Cl2N3O7/c1-2-33(14-3-4-15-35)20-10-13-27(34(39)40)22(17-20)28(36)32-26(29(37)38)16-19-8-11-21(12-9-19)41-18-23-24(30)6-5-7-25(23)31/h5-13,17,26,35H,2-4,14-16,18H2,1H3,(H,32,36)(H,37,38). The smallest absolute Gasteiger partial charge is 0.326 e. The average Bonchev–Trinajstić information content (AvgIpc) is 2.95. The quantitative estimate of drug-likeness (QED) is 0.117. The van der Waals surface area contributed by atoms with Gasteiger partial charge in [-0.05, 0) is 61.7 Å². The van der Waals surface area contributed by atoms with Crippen LogP contribution in [-0.4, -0.2) is 52.8 Å². The molecule has 0 aromatic heterocycles. The van der Waals surface area contributed by atoms with Crippen molar-refractivity contribution in [1.82, 2.24) is 5.32 Å². The number of ether oxygens (including phenoxy) is 1. The van der Waals surface area contributed by atoms with Gasteiger partial charge >= 0.3 is 5.97 Å². The maximum atomic E-state index is 13.2. The van der Waals surface area contributed by atoms with Gasteiger partial charge in [-0.1, -0.05) is 41.4 Å². The van der Waals surface area contributed by atoms with E-state index in [9.17, 15) is 24.8 Å². The minimum Gasteiger partial charge on any atom is -0.489 e. The summed E-state index contributed by atoms with van der Waals surface area (Å²) < 4.78 is 5.75. The largest absolute Gasteiger partial charge is 0.489 e. The Morgan fingerprint density at radius 3 is 2.34 bits per heavy atom. The Kier molecular flexibility index (Phi) is 11.8. The number of nitrogens with one attached hydrogen (secondary N) is 1. The van der Waals surface area contributed by atoms with Gasteiger partial charge in [0, 0.05) is 53.5 Å². The number of hydrogen-bond acceptors (Lipinski definition) is 7. The number of halogens is 2. The molecule has 0 radical (unpaired) electrons. The van der Waals surface area contributed by atoms with Crippen LogP contribution in [0.3, 0.4) is 0 Å². The summed E-state index contributed by atoms with van der Waals surface area (Å²) in [7, 11) is 0. The van der Waals surface area contributed by atoms with Crippen LogP contribution in [0.25, 0.3) is 0 Å². The van der Waals surface area contributed by atoms with Gasteiger partial charge in [0.05, 0.1) is 4.92 Å². The Morgan fingerprint density at radius 1 is 1.07 bits per heavy atom. The number of carbonyl (C=O) groups is 2. The minimum absolute atomic E-state index is 0.0508. The van der Waals surface area contributed by atoms with Crippen LogP contribution < -0.4 is 15.0 Å². The predicted octanol–water partition coefficient (Wildman–Crippen LogP) is 5.51. The second kappa shape index (κ2) is 15.2. The molecule has 0 aliphatic heterocycles. The van der Waals surface area contributed by atoms with E-state index in [2.05, 4.69) is 5.32 Å². The molecular formula is C29H31Cl2N3O7. The highest BCUT2D eigenvalue weighted by molar-refractivity contribution is 6.35. The Morgan fingerprint density at radius 2 is 1.76 bits per heavy atom. The average molecular weight is 604 g/mol. The van der Waals surface area contributed by atoms with Crippen LogP contribution in [0.5, 0.6) is 5.75 Å². The summed E-state index contributed by atoms with van der Waals surface area (Å²) in [5, 5.41) is 33.9. The number of nitro benzene ring substituents is 1. The normalized spacial score (nSPS) is 11.5. The number of amides is 1. The molecule has 0 spiro atoms. The summed E-state index contributed by atoms with van der Waals surface area (Å²) >= 11 is 12.4. The third kappa shape index (κ3) is 8.81. The van der Waals surface area contributed by atoms with Crippen LogP contribution >= 0.6 is 23.2 Å². The van der Waals surface area contributed by atoms with Gasteiger partial charge in [-0.3, -0.25) is 14.9 Å². The van der Waals surface area contributed by atoms with Crippen molar-refractivity contribution in [3.8, 4) is 5.75 Å². The lowest BCUT2D eigenvalue weighted by atomic mass is 10.0. The van der Waals surface area contributed by atoms with Gasteiger partial charge in [-0.25, -0.2) is 4.79 Å². The van der Waals surface area contributed by atoms with Crippen molar-refractivity contribution in [3.63, 3.8) is 0 Å². The fraction of sp³-hybridized carbons (Fsp3) is 0.310. The zero-order valence-electron chi connectivity index (χ0n) is 22.4. The number of nitro groups is 1. The molecule has 0 bridgehead atoms. The van der Waals surface area contributed by atoms with Crippen LogP contribution in [0, 0.1) is 10.1 Å². The molecular weight excluding hydrogens is 573 g/mol. The van der Waals surface area contributed by atoms with Gasteiger partial charge in [0.1, 0.15) is 24.0 Å². The molecule has 0 fully saturated rings. The number of anilines is 1. The van der Waals surface area contributed by atoms with Crippen LogP contribution in [0.2, 0.25) is 10.0 Å². The fourth-order valence-electron chi connectivity index (χ4n) is 4.17. The molecule has 1 amide bonds. The first-order valence-electron chi connectivity index (χ1n) is 13.0. The number of benzene rings is 3. The predicted molar refractivity (Wildman–Crippen MR) is 157 cm³/mol. The number of aliphatic carboxylic acids is 1. The molecule has 1 unspecified atom stereocenters. The highest BCUT2D eigenvalue weighted by Crippen LogP contribution is 2.27. The van der Waals surface area contributed by atoms with E-state index in [0.717, 1.165) is 0 Å². The molecule has 3 aromatic rings. The maximum Gasteiger partial charge on any atom is 0.326 e. The van der Waals surface area contributed by atoms with E-state index >= 15 is 0 Å². The zero-order chi connectivity index (χ0) is 29.9. The van der Waals surface area contributed by atoms with E-state index in [1.165, 1.54) is 12.1 Å². The third-order valence-corrected chi connectivity index (χ3v) is 7.12. The second-order valence-corrected chi connectivity index (χ2v) is 9.98. The Balaban J connectivity index is 1.73. The van der Waals surface area contributed by atoms with Crippen molar-refractivity contribution < 1.29 is 29.5 Å². The van der Waals surface area contributed by atoms with Crippen molar-refractivity contribution in [3.05, 3.63) is 97.5 Å². The number of aliphatic hydroxyl groups excluding tert-OH is 1. The monoisotopic (exact) mass is 603 g/mol. The molecule has 3 rings (SSSR count). The summed E-state index contributed by atoms with van der Waals surface area (Å²) in [5.41, 5.74) is 1.16. The van der Waals surface area contributed by atoms with Gasteiger partial charge in [0.15, 0.2) is 0 Å². The first kappa shape index (κ1) is 31.7. The van der Waals surface area contributed by atoms with Crippen LogP contribution in [0.4, 0.5) is 11.4 Å². The van der Waals surface area contributed by atoms with E-state index < -0.39 is 28.5 Å². The molecule has 3 N–H and O–H groups in total. The molecule has 0 saturated carbocycles. The molecule has 0 aliphatic rings. The SMILES string of the molecule is CCN(CCCCO)c1ccc([N+](=O)[O-])c(C(=O)NC(Cc2ccc(OCc3c(Cl)cccc3Cl)cc2)C(=O)O)c1. The topological polar surface area (TPSA) is 142 Å². The highest BCUT2D eigenvalue weighted by Gasteiger charge is 2.27. The molecule has 0 heterocycles. The van der Waals surface area contributed by atoms with E-state index in [1.807, 2.05) is 11.8 Å². The van der Waals surface area contributed by atoms with Crippen LogP contribution in [0.1, 0.15) is 41.3 Å². The number of aliphatic hydroxyl groups is 1. The number of nitrogens with zero attached hydrogens (tertiary/aromatic N) is 2. The fourth-order valence-corrected chi connectivity index (χ4v) is 4.67. The summed E-state index contributed by atoms with van der Waals surface area (Å²) in [6.45, 7) is 3.25. The Hall–Kier alpha value is -3.86. The molecule has 218 valence electrons. The lowest BCUT2D eigenvalue weighted by Crippen LogP contribution is -2.42. The lowest BCUT2D eigenvalue weighted by Gasteiger charge is -2.23. The molecule has 41 heavy (non-hydrogen) atoms. The number of carbonyl (C=O) groups excluding carboxylic acids is 1. The summed E-state index contributed by atoms with van der Waals surface area (Å²) in [6, 6.07) is 14.6. The van der Waals surface area contributed by atoms with Crippen molar-refractivity contribution in [1.29, 1.82) is 0 Å². The lowest BCUT2D eigenvalue weighted by molar-refractivity contribution is -0.385. The van der Waals surface area contributed by atoms with Gasteiger partial charge in [-0.15, -0.1) is 0 Å². The Bertz CT molecular complexity index is 1350. The molecule has 0 aliphatic carbocycles. The zero-order valence-corrected chi connectivity index (χ0v) is 23.9. The molecule has 12 heteroatoms. The van der Waals surface area contributed by atoms with Gasteiger partial charge < -0.3 is 25.2 Å². The summed E-state index contributed by atoms with van der Waals surface area (Å²) in [6.07, 6.45) is 1.23. The first-order valence-corrected chi connectivity index (χ1v) is 13.7. The molecule has 1 atom stereocenters. The summed E-state index contributed by atoms with van der Waals surface area (Å²) in [5.74, 6) is -1.65. The van der Waals surface area contributed by atoms with Crippen molar-refractivity contribution >= 4 is 46.5 Å². The van der Waals surface area contributed by atoms with E-state index in [1.54, 1.807) is 48.5 Å². The van der Waals surface area contributed by atoms with Gasteiger partial charge in [-0.2, -0.15) is 0 Å². The number of carboxylic acid groups (broad SMARTS) is 1. The van der Waals surface area contributed by atoms with Crippen LogP contribution in [-0.2, 0) is 17.8 Å². The van der Waals surface area contributed by atoms with E-state index in [0.29, 0.717) is 58.5 Å². The third-order valence-electron chi connectivity index (χ3n) is 6.42. The van der Waals surface area contributed by atoms with Crippen molar-refractivity contribution in [2.75, 3.05) is 24.6 Å². The first-order chi connectivity index (χ1) is 19.6. The number of carboxylic acids is 1. The van der Waals surface area contributed by atoms with Crippen molar-refractivity contribution in [2.24, 2.45) is 0 Å². The number of hydrogen-bond donors (Lipinski definition) is 3. The molecule has 10 nitrogen and oxygen atoms in total. The molecule has 0 saturated heterocycles. The van der Waals surface area contributed by atoms with Crippen LogP contribution in [0.15, 0.2) is 60.7 Å². The minimum atomic E-state index is -1.34. The van der Waals surface area contributed by atoms with Gasteiger partial charge in [0.25, 0.3) is 11.6 Å². The maximum absolute atomic E-state index is 13.2.